The number of ether oxygens (including phenoxy) is 2. The van der Waals surface area contributed by atoms with Crippen LogP contribution in [0.15, 0.2) is 42.5 Å². The molecule has 0 aromatic heterocycles. The highest BCUT2D eigenvalue weighted by atomic mass is 35.5. The minimum Gasteiger partial charge on any atom is -0.493 e. The van der Waals surface area contributed by atoms with Crippen LogP contribution in [0.3, 0.4) is 0 Å². The van der Waals surface area contributed by atoms with Crippen molar-refractivity contribution in [2.24, 2.45) is 0 Å². The van der Waals surface area contributed by atoms with Gasteiger partial charge in [0.15, 0.2) is 11.5 Å². The van der Waals surface area contributed by atoms with Gasteiger partial charge in [-0.15, -0.1) is 0 Å². The first-order valence-corrected chi connectivity index (χ1v) is 10.5. The fraction of sp³-hybridized carbons (Fsp3) is 0.375. The summed E-state index contributed by atoms with van der Waals surface area (Å²) in [7, 11) is 3.11. The van der Waals surface area contributed by atoms with E-state index < -0.39 is 0 Å². The van der Waals surface area contributed by atoms with E-state index in [1.54, 1.807) is 38.5 Å². The molecule has 0 N–H and O–H groups in total. The third-order valence-corrected chi connectivity index (χ3v) is 5.71. The van der Waals surface area contributed by atoms with Crippen LogP contribution in [0, 0.1) is 6.92 Å². The number of methoxy groups -OCH3 is 2. The van der Waals surface area contributed by atoms with Crippen molar-refractivity contribution in [3.05, 3.63) is 64.2 Å². The van der Waals surface area contributed by atoms with Crippen molar-refractivity contribution < 1.29 is 14.3 Å². The van der Waals surface area contributed by atoms with Gasteiger partial charge in [0.1, 0.15) is 0 Å². The molecule has 1 heterocycles. The Morgan fingerprint density at radius 2 is 1.90 bits per heavy atom. The van der Waals surface area contributed by atoms with E-state index in [-0.39, 0.29) is 5.91 Å². The fourth-order valence-corrected chi connectivity index (χ4v) is 3.98. The van der Waals surface area contributed by atoms with Crippen molar-refractivity contribution >= 4 is 23.6 Å². The third kappa shape index (κ3) is 5.55. The molecule has 1 aliphatic rings. The van der Waals surface area contributed by atoms with Crippen LogP contribution in [0.5, 0.6) is 11.5 Å². The first kappa shape index (κ1) is 22.2. The Balaban J connectivity index is 1.61. The van der Waals surface area contributed by atoms with Gasteiger partial charge in [-0.2, -0.15) is 0 Å². The lowest BCUT2D eigenvalue weighted by Gasteiger charge is -2.22. The van der Waals surface area contributed by atoms with Crippen molar-refractivity contribution in [1.82, 2.24) is 9.80 Å². The topological polar surface area (TPSA) is 42.0 Å². The number of hydrogen-bond donors (Lipinski definition) is 0. The summed E-state index contributed by atoms with van der Waals surface area (Å²) in [6.07, 6.45) is 4.34. The van der Waals surface area contributed by atoms with Gasteiger partial charge in [-0.25, -0.2) is 0 Å². The molecule has 0 aliphatic carbocycles. The lowest BCUT2D eigenvalue weighted by atomic mass is 10.1. The maximum absolute atomic E-state index is 12.7. The molecule has 0 saturated carbocycles. The van der Waals surface area contributed by atoms with Crippen LogP contribution in [0.4, 0.5) is 0 Å². The smallest absolute Gasteiger partial charge is 0.246 e. The van der Waals surface area contributed by atoms with Gasteiger partial charge in [-0.3, -0.25) is 9.69 Å². The predicted octanol–water partition coefficient (Wildman–Crippen LogP) is 4.41. The largest absolute Gasteiger partial charge is 0.493 e. The van der Waals surface area contributed by atoms with Crippen molar-refractivity contribution in [2.45, 2.75) is 19.9 Å². The van der Waals surface area contributed by atoms with Gasteiger partial charge in [-0.1, -0.05) is 35.9 Å². The second-order valence-corrected chi connectivity index (χ2v) is 7.86. The summed E-state index contributed by atoms with van der Waals surface area (Å²) in [5, 5.41) is 0.450. The highest BCUT2D eigenvalue weighted by molar-refractivity contribution is 6.32. The van der Waals surface area contributed by atoms with Crippen LogP contribution in [-0.2, 0) is 11.3 Å². The number of halogens is 1. The van der Waals surface area contributed by atoms with Crippen LogP contribution in [0.1, 0.15) is 23.1 Å². The zero-order chi connectivity index (χ0) is 21.5. The SMILES string of the molecule is COc1cc(/C=C/C(=O)N2CCCN(Cc3ccccc3C)CC2)cc(Cl)c1OC. The van der Waals surface area contributed by atoms with Crippen molar-refractivity contribution in [2.75, 3.05) is 40.4 Å². The van der Waals surface area contributed by atoms with Crippen LogP contribution in [0.2, 0.25) is 5.02 Å². The Morgan fingerprint density at radius 1 is 1.10 bits per heavy atom. The number of carbonyl (C=O) groups is 1. The molecule has 0 atom stereocenters. The average Bonchev–Trinajstić information content (AvgIpc) is 2.99. The number of carbonyl (C=O) groups excluding carboxylic acids is 1. The number of nitrogens with zero attached hydrogens (tertiary/aromatic N) is 2. The standard InChI is InChI=1S/C24H29ClN2O3/c1-18-7-4-5-8-20(18)17-26-11-6-12-27(14-13-26)23(28)10-9-19-15-21(25)24(30-3)22(16-19)29-2/h4-5,7-10,15-16H,6,11-14,17H2,1-3H3/b10-9+. The van der Waals surface area contributed by atoms with Crippen molar-refractivity contribution in [3.63, 3.8) is 0 Å². The van der Waals surface area contributed by atoms with Crippen LogP contribution >= 0.6 is 11.6 Å². The molecule has 30 heavy (non-hydrogen) atoms. The maximum Gasteiger partial charge on any atom is 0.246 e. The third-order valence-electron chi connectivity index (χ3n) is 5.43. The number of hydrogen-bond acceptors (Lipinski definition) is 4. The molecular formula is C24H29ClN2O3. The Hall–Kier alpha value is -2.50. The molecule has 1 fully saturated rings. The van der Waals surface area contributed by atoms with E-state index in [4.69, 9.17) is 21.1 Å². The molecule has 1 saturated heterocycles. The second-order valence-electron chi connectivity index (χ2n) is 7.45. The van der Waals surface area contributed by atoms with Crippen LogP contribution < -0.4 is 9.47 Å². The number of rotatable bonds is 6. The Kier molecular flexibility index (Phi) is 7.77. The average molecular weight is 429 g/mol. The number of aryl methyl sites for hydroxylation is 1. The van der Waals surface area contributed by atoms with Gasteiger partial charge in [0.05, 0.1) is 19.2 Å². The molecule has 3 rings (SSSR count). The Bertz CT molecular complexity index is 913. The zero-order valence-electron chi connectivity index (χ0n) is 17.9. The number of amides is 1. The van der Waals surface area contributed by atoms with E-state index in [9.17, 15) is 4.79 Å². The molecular weight excluding hydrogens is 400 g/mol. The van der Waals surface area contributed by atoms with Crippen LogP contribution in [-0.4, -0.2) is 56.1 Å². The molecule has 0 radical (unpaired) electrons. The highest BCUT2D eigenvalue weighted by Crippen LogP contribution is 2.36. The molecule has 2 aromatic carbocycles. The van der Waals surface area contributed by atoms with Gasteiger partial charge in [0.25, 0.3) is 0 Å². The van der Waals surface area contributed by atoms with E-state index in [2.05, 4.69) is 36.1 Å². The predicted molar refractivity (Wildman–Crippen MR) is 121 cm³/mol. The zero-order valence-corrected chi connectivity index (χ0v) is 18.6. The summed E-state index contributed by atoms with van der Waals surface area (Å²) in [5.41, 5.74) is 3.45. The van der Waals surface area contributed by atoms with E-state index in [1.165, 1.54) is 11.1 Å². The van der Waals surface area contributed by atoms with Gasteiger partial charge in [-0.05, 0) is 48.2 Å². The van der Waals surface area contributed by atoms with Crippen LogP contribution in [0.25, 0.3) is 6.08 Å². The van der Waals surface area contributed by atoms with E-state index in [0.29, 0.717) is 16.5 Å². The summed E-state index contributed by atoms with van der Waals surface area (Å²) in [6.45, 7) is 6.42. The lowest BCUT2D eigenvalue weighted by molar-refractivity contribution is -0.125. The van der Waals surface area contributed by atoms with Gasteiger partial charge >= 0.3 is 0 Å². The minimum atomic E-state index is 0.0126. The summed E-state index contributed by atoms with van der Waals surface area (Å²) < 4.78 is 10.6. The monoisotopic (exact) mass is 428 g/mol. The minimum absolute atomic E-state index is 0.0126. The lowest BCUT2D eigenvalue weighted by Crippen LogP contribution is -2.34. The molecule has 0 unspecified atom stereocenters. The summed E-state index contributed by atoms with van der Waals surface area (Å²) in [5.74, 6) is 1.04. The molecule has 1 amide bonds. The quantitative estimate of drug-likeness (QED) is 0.639. The van der Waals surface area contributed by atoms with E-state index >= 15 is 0 Å². The highest BCUT2D eigenvalue weighted by Gasteiger charge is 2.18. The van der Waals surface area contributed by atoms with E-state index in [1.807, 2.05) is 4.90 Å². The molecule has 2 aromatic rings. The molecule has 1 aliphatic heterocycles. The van der Waals surface area contributed by atoms with Gasteiger partial charge in [0.2, 0.25) is 5.91 Å². The van der Waals surface area contributed by atoms with E-state index in [0.717, 1.165) is 44.7 Å². The van der Waals surface area contributed by atoms with Gasteiger partial charge < -0.3 is 14.4 Å². The molecule has 0 bridgehead atoms. The first-order valence-electron chi connectivity index (χ1n) is 10.2. The number of benzene rings is 2. The van der Waals surface area contributed by atoms with Gasteiger partial charge in [0, 0.05) is 38.8 Å². The summed E-state index contributed by atoms with van der Waals surface area (Å²) in [4.78, 5) is 17.1. The first-order chi connectivity index (χ1) is 14.5. The molecule has 0 spiro atoms. The fourth-order valence-electron chi connectivity index (χ4n) is 3.68. The second kappa shape index (κ2) is 10.5. The summed E-state index contributed by atoms with van der Waals surface area (Å²) >= 11 is 6.25. The van der Waals surface area contributed by atoms with Crippen molar-refractivity contribution in [1.29, 1.82) is 0 Å². The summed E-state index contributed by atoms with van der Waals surface area (Å²) in [6, 6.07) is 12.1. The van der Waals surface area contributed by atoms with Crippen molar-refractivity contribution in [3.8, 4) is 11.5 Å². The Labute approximate surface area is 183 Å². The molecule has 160 valence electrons. The normalized spacial score (nSPS) is 15.3. The molecule has 6 heteroatoms. The Morgan fingerprint density at radius 3 is 2.63 bits per heavy atom. The molecule has 5 nitrogen and oxygen atoms in total. The maximum atomic E-state index is 12.7.